The van der Waals surface area contributed by atoms with E-state index in [2.05, 4.69) is 15.7 Å². The molecule has 0 aromatic heterocycles. The highest BCUT2D eigenvalue weighted by Crippen LogP contribution is 2.33. The van der Waals surface area contributed by atoms with E-state index >= 15 is 0 Å². The molecule has 2 aliphatic heterocycles. The van der Waals surface area contributed by atoms with E-state index in [1.54, 1.807) is 36.4 Å². The number of halogens is 2. The highest BCUT2D eigenvalue weighted by atomic mass is 35.5. The fraction of sp³-hybridized carbons (Fsp3) is 0.250. The van der Waals surface area contributed by atoms with Crippen LogP contribution in [0.5, 0.6) is 0 Å². The number of aryl methyl sites for hydroxylation is 2. The van der Waals surface area contributed by atoms with Crippen LogP contribution in [0.3, 0.4) is 0 Å². The molecule has 0 bridgehead atoms. The Kier molecular flexibility index (Phi) is 5.21. The monoisotopic (exact) mass is 445 g/mol. The van der Waals surface area contributed by atoms with E-state index in [1.807, 2.05) is 13.8 Å². The summed E-state index contributed by atoms with van der Waals surface area (Å²) in [5, 5.41) is 12.7. The van der Waals surface area contributed by atoms with Crippen LogP contribution in [0.25, 0.3) is 0 Å². The smallest absolute Gasteiger partial charge is 0.263 e. The topological polar surface area (TPSA) is 94.4 Å². The lowest BCUT2D eigenvalue weighted by Crippen LogP contribution is -2.43. The van der Waals surface area contributed by atoms with E-state index in [9.17, 15) is 14.4 Å². The molecule has 2 unspecified atom stereocenters. The molecule has 2 atom stereocenters. The van der Waals surface area contributed by atoms with Gasteiger partial charge in [-0.3, -0.25) is 19.4 Å². The van der Waals surface area contributed by atoms with Crippen LogP contribution in [0, 0.1) is 13.8 Å². The third kappa shape index (κ3) is 3.53. The summed E-state index contributed by atoms with van der Waals surface area (Å²) in [7, 11) is 0. The van der Waals surface area contributed by atoms with Crippen LogP contribution in [0.4, 0.5) is 11.4 Å². The average molecular weight is 446 g/mol. The Bertz CT molecular complexity index is 1100. The number of fused-ring (bicyclic) bond motifs is 1. The molecule has 4 rings (SSSR count). The van der Waals surface area contributed by atoms with Gasteiger partial charge in [0.1, 0.15) is 6.54 Å². The van der Waals surface area contributed by atoms with Gasteiger partial charge < -0.3 is 5.32 Å². The maximum atomic E-state index is 13.0. The zero-order chi connectivity index (χ0) is 21.6. The minimum Gasteiger partial charge on any atom is -0.324 e. The number of hydrogen-bond acceptors (Lipinski definition) is 6. The Labute approximate surface area is 182 Å². The summed E-state index contributed by atoms with van der Waals surface area (Å²) >= 11 is 12.1. The molecular formula is C20H17Cl2N5O3. The molecule has 2 heterocycles. The number of benzene rings is 2. The zero-order valence-corrected chi connectivity index (χ0v) is 17.6. The molecule has 2 aliphatic rings. The first-order chi connectivity index (χ1) is 14.3. The number of imide groups is 1. The molecule has 154 valence electrons. The molecule has 0 aliphatic carbocycles. The van der Waals surface area contributed by atoms with Crippen LogP contribution in [0.15, 0.2) is 46.7 Å². The maximum absolute atomic E-state index is 13.0. The number of rotatable bonds is 4. The standard InChI is InChI=1S/C20H17Cl2N5O3/c1-10-4-6-13(8-14(10)22)27-19(29)17-18(20(27)30)26(25-24-17)9-16(28)23-15-7-12(21)5-3-11(15)2/h3-8,17-18H,9H2,1-2H3,(H,23,28). The maximum Gasteiger partial charge on any atom is 0.263 e. The predicted molar refractivity (Wildman–Crippen MR) is 113 cm³/mol. The lowest BCUT2D eigenvalue weighted by molar-refractivity contribution is -0.123. The third-order valence-electron chi connectivity index (χ3n) is 5.05. The van der Waals surface area contributed by atoms with E-state index in [0.717, 1.165) is 16.0 Å². The van der Waals surface area contributed by atoms with Crippen LogP contribution in [0.1, 0.15) is 11.1 Å². The van der Waals surface area contributed by atoms with Crippen molar-refractivity contribution in [1.29, 1.82) is 0 Å². The van der Waals surface area contributed by atoms with Gasteiger partial charge in [0.05, 0.1) is 5.69 Å². The molecular weight excluding hydrogens is 429 g/mol. The van der Waals surface area contributed by atoms with Crippen molar-refractivity contribution >= 4 is 52.3 Å². The Balaban J connectivity index is 1.51. The molecule has 1 fully saturated rings. The van der Waals surface area contributed by atoms with Crippen molar-refractivity contribution in [3.05, 3.63) is 57.6 Å². The van der Waals surface area contributed by atoms with Crippen LogP contribution < -0.4 is 10.2 Å². The number of nitrogens with one attached hydrogen (secondary N) is 1. The van der Waals surface area contributed by atoms with E-state index in [1.165, 1.54) is 5.01 Å². The summed E-state index contributed by atoms with van der Waals surface area (Å²) in [6.07, 6.45) is 0. The Hall–Kier alpha value is -2.97. The molecule has 30 heavy (non-hydrogen) atoms. The molecule has 0 radical (unpaired) electrons. The quantitative estimate of drug-likeness (QED) is 0.727. The van der Waals surface area contributed by atoms with Crippen molar-refractivity contribution in [3.8, 4) is 0 Å². The Morgan fingerprint density at radius 3 is 2.53 bits per heavy atom. The first-order valence-electron chi connectivity index (χ1n) is 9.13. The van der Waals surface area contributed by atoms with Crippen molar-refractivity contribution in [3.63, 3.8) is 0 Å². The first-order valence-corrected chi connectivity index (χ1v) is 9.89. The van der Waals surface area contributed by atoms with E-state index < -0.39 is 29.8 Å². The van der Waals surface area contributed by atoms with Crippen LogP contribution in [0.2, 0.25) is 10.0 Å². The number of hydrogen-bond donors (Lipinski definition) is 1. The molecule has 1 saturated heterocycles. The second-order valence-electron chi connectivity index (χ2n) is 7.14. The summed E-state index contributed by atoms with van der Waals surface area (Å²) < 4.78 is 0. The molecule has 3 amide bonds. The Morgan fingerprint density at radius 2 is 1.80 bits per heavy atom. The van der Waals surface area contributed by atoms with Gasteiger partial charge in [0.25, 0.3) is 11.8 Å². The lowest BCUT2D eigenvalue weighted by Gasteiger charge is -2.20. The number of anilines is 2. The minimum absolute atomic E-state index is 0.238. The van der Waals surface area contributed by atoms with Crippen molar-refractivity contribution in [1.82, 2.24) is 5.01 Å². The van der Waals surface area contributed by atoms with Crippen molar-refractivity contribution in [2.75, 3.05) is 16.8 Å². The molecule has 0 saturated carbocycles. The highest BCUT2D eigenvalue weighted by molar-refractivity contribution is 6.32. The summed E-state index contributed by atoms with van der Waals surface area (Å²) in [5.41, 5.74) is 2.59. The number of amides is 3. The largest absolute Gasteiger partial charge is 0.324 e. The molecule has 0 spiro atoms. The summed E-state index contributed by atoms with van der Waals surface area (Å²) in [6.45, 7) is 3.42. The third-order valence-corrected chi connectivity index (χ3v) is 5.69. The van der Waals surface area contributed by atoms with Gasteiger partial charge in [0.2, 0.25) is 5.91 Å². The number of carbonyl (C=O) groups is 3. The zero-order valence-electron chi connectivity index (χ0n) is 16.1. The van der Waals surface area contributed by atoms with Crippen LogP contribution in [-0.2, 0) is 14.4 Å². The van der Waals surface area contributed by atoms with Gasteiger partial charge in [-0.15, -0.1) is 0 Å². The highest BCUT2D eigenvalue weighted by Gasteiger charge is 2.55. The summed E-state index contributed by atoms with van der Waals surface area (Å²) in [4.78, 5) is 39.3. The van der Waals surface area contributed by atoms with E-state index in [-0.39, 0.29) is 6.54 Å². The molecule has 8 nitrogen and oxygen atoms in total. The summed E-state index contributed by atoms with van der Waals surface area (Å²) in [6, 6.07) is 8.12. The van der Waals surface area contributed by atoms with Gasteiger partial charge in [0, 0.05) is 15.7 Å². The van der Waals surface area contributed by atoms with Crippen LogP contribution in [-0.4, -0.2) is 41.4 Å². The molecule has 1 N–H and O–H groups in total. The second-order valence-corrected chi connectivity index (χ2v) is 7.99. The fourth-order valence-corrected chi connectivity index (χ4v) is 3.74. The fourth-order valence-electron chi connectivity index (χ4n) is 3.39. The van der Waals surface area contributed by atoms with E-state index in [0.29, 0.717) is 21.4 Å². The van der Waals surface area contributed by atoms with Crippen LogP contribution >= 0.6 is 23.2 Å². The van der Waals surface area contributed by atoms with Crippen molar-refractivity contribution < 1.29 is 14.4 Å². The van der Waals surface area contributed by atoms with Gasteiger partial charge in [-0.25, -0.2) is 4.90 Å². The lowest BCUT2D eigenvalue weighted by atomic mass is 10.1. The minimum atomic E-state index is -0.988. The van der Waals surface area contributed by atoms with Crippen molar-refractivity contribution in [2.45, 2.75) is 25.9 Å². The predicted octanol–water partition coefficient (Wildman–Crippen LogP) is 3.54. The normalized spacial score (nSPS) is 20.1. The summed E-state index contributed by atoms with van der Waals surface area (Å²) in [5.74, 6) is -1.40. The first kappa shape index (κ1) is 20.3. The molecule has 10 heteroatoms. The van der Waals surface area contributed by atoms with Gasteiger partial charge >= 0.3 is 0 Å². The Morgan fingerprint density at radius 1 is 1.07 bits per heavy atom. The number of nitrogens with zero attached hydrogens (tertiary/aromatic N) is 4. The number of carbonyl (C=O) groups excluding carboxylic acids is 3. The SMILES string of the molecule is Cc1ccc(N2C(=O)C3N=NN(CC(=O)Nc4cc(Cl)ccc4C)C3C2=O)cc1Cl. The van der Waals surface area contributed by atoms with Crippen molar-refractivity contribution in [2.24, 2.45) is 10.3 Å². The van der Waals surface area contributed by atoms with Gasteiger partial charge in [0.15, 0.2) is 12.1 Å². The van der Waals surface area contributed by atoms with Gasteiger partial charge in [-0.2, -0.15) is 5.11 Å². The molecule has 2 aromatic rings. The van der Waals surface area contributed by atoms with Gasteiger partial charge in [-0.05, 0) is 49.2 Å². The second kappa shape index (κ2) is 7.70. The van der Waals surface area contributed by atoms with Gasteiger partial charge in [-0.1, -0.05) is 40.6 Å². The average Bonchev–Trinajstić information content (AvgIpc) is 3.21. The van der Waals surface area contributed by atoms with E-state index in [4.69, 9.17) is 23.2 Å². The molecule has 2 aromatic carbocycles.